The average molecular weight is 337 g/mol. The van der Waals surface area contributed by atoms with Gasteiger partial charge in [-0.25, -0.2) is 4.39 Å². The first kappa shape index (κ1) is 14.5. The standard InChI is InChI=1S/C15H14BrFN2O/c1-19(2)12-5-3-4-11(9-12)18-15(20)13-7-6-10(16)8-14(13)17/h3-9H,1-2H3,(H,18,20). The number of nitrogens with one attached hydrogen (secondary N) is 1. The Bertz CT molecular complexity index is 644. The maximum Gasteiger partial charge on any atom is 0.258 e. The summed E-state index contributed by atoms with van der Waals surface area (Å²) in [6.45, 7) is 0. The number of amides is 1. The van der Waals surface area contributed by atoms with Gasteiger partial charge in [-0.15, -0.1) is 0 Å². The summed E-state index contributed by atoms with van der Waals surface area (Å²) in [5, 5.41) is 2.69. The minimum atomic E-state index is -0.555. The van der Waals surface area contributed by atoms with Crippen molar-refractivity contribution in [2.45, 2.75) is 0 Å². The summed E-state index contributed by atoms with van der Waals surface area (Å²) >= 11 is 3.16. The molecule has 0 aromatic heterocycles. The summed E-state index contributed by atoms with van der Waals surface area (Å²) in [5.41, 5.74) is 1.60. The highest BCUT2D eigenvalue weighted by atomic mass is 79.9. The van der Waals surface area contributed by atoms with Crippen molar-refractivity contribution in [1.29, 1.82) is 0 Å². The summed E-state index contributed by atoms with van der Waals surface area (Å²) in [7, 11) is 3.82. The van der Waals surface area contributed by atoms with E-state index in [1.807, 2.05) is 37.2 Å². The highest BCUT2D eigenvalue weighted by Gasteiger charge is 2.12. The summed E-state index contributed by atoms with van der Waals surface area (Å²) in [5.74, 6) is -1.02. The Morgan fingerprint density at radius 2 is 1.95 bits per heavy atom. The van der Waals surface area contributed by atoms with Gasteiger partial charge < -0.3 is 10.2 Å². The number of carbonyl (C=O) groups excluding carboxylic acids is 1. The van der Waals surface area contributed by atoms with Gasteiger partial charge in [-0.05, 0) is 36.4 Å². The number of hydrogen-bond donors (Lipinski definition) is 1. The molecule has 3 nitrogen and oxygen atoms in total. The van der Waals surface area contributed by atoms with Crippen LogP contribution in [0.4, 0.5) is 15.8 Å². The number of rotatable bonds is 3. The van der Waals surface area contributed by atoms with Crippen molar-refractivity contribution in [2.75, 3.05) is 24.3 Å². The van der Waals surface area contributed by atoms with Crippen LogP contribution in [-0.4, -0.2) is 20.0 Å². The topological polar surface area (TPSA) is 32.3 Å². The average Bonchev–Trinajstić information content (AvgIpc) is 2.38. The van der Waals surface area contributed by atoms with Gasteiger partial charge in [0.2, 0.25) is 0 Å². The first-order chi connectivity index (χ1) is 9.47. The first-order valence-electron chi connectivity index (χ1n) is 6.01. The van der Waals surface area contributed by atoms with Crippen molar-refractivity contribution in [1.82, 2.24) is 0 Å². The molecule has 2 aromatic carbocycles. The van der Waals surface area contributed by atoms with Crippen molar-refractivity contribution in [3.8, 4) is 0 Å². The first-order valence-corrected chi connectivity index (χ1v) is 6.80. The summed E-state index contributed by atoms with van der Waals surface area (Å²) in [6, 6.07) is 11.7. The van der Waals surface area contributed by atoms with Crippen LogP contribution < -0.4 is 10.2 Å². The molecule has 104 valence electrons. The van der Waals surface area contributed by atoms with E-state index in [1.165, 1.54) is 12.1 Å². The minimum absolute atomic E-state index is 0.0171. The van der Waals surface area contributed by atoms with Crippen LogP contribution in [0.25, 0.3) is 0 Å². The second-order valence-corrected chi connectivity index (χ2v) is 5.44. The lowest BCUT2D eigenvalue weighted by Crippen LogP contribution is -2.14. The lowest BCUT2D eigenvalue weighted by atomic mass is 10.2. The zero-order chi connectivity index (χ0) is 14.7. The molecular formula is C15H14BrFN2O. The Morgan fingerprint density at radius 1 is 1.20 bits per heavy atom. The predicted molar refractivity (Wildman–Crippen MR) is 82.8 cm³/mol. The van der Waals surface area contributed by atoms with Gasteiger partial charge in [0, 0.05) is 29.9 Å². The molecule has 20 heavy (non-hydrogen) atoms. The van der Waals surface area contributed by atoms with E-state index in [9.17, 15) is 9.18 Å². The van der Waals surface area contributed by atoms with Crippen LogP contribution in [-0.2, 0) is 0 Å². The molecule has 0 unspecified atom stereocenters. The SMILES string of the molecule is CN(C)c1cccc(NC(=O)c2ccc(Br)cc2F)c1. The number of nitrogens with zero attached hydrogens (tertiary/aromatic N) is 1. The number of halogens is 2. The maximum absolute atomic E-state index is 13.7. The predicted octanol–water partition coefficient (Wildman–Crippen LogP) is 3.91. The van der Waals surface area contributed by atoms with Crippen molar-refractivity contribution in [2.24, 2.45) is 0 Å². The Morgan fingerprint density at radius 3 is 2.60 bits per heavy atom. The van der Waals surface area contributed by atoms with Gasteiger partial charge in [-0.1, -0.05) is 22.0 Å². The van der Waals surface area contributed by atoms with Gasteiger partial charge in [0.1, 0.15) is 5.82 Å². The molecule has 2 aromatic rings. The Balaban J connectivity index is 2.21. The van der Waals surface area contributed by atoms with Crippen molar-refractivity contribution in [3.05, 3.63) is 58.3 Å². The quantitative estimate of drug-likeness (QED) is 0.921. The third-order valence-corrected chi connectivity index (χ3v) is 3.29. The number of carbonyl (C=O) groups is 1. The van der Waals surface area contributed by atoms with E-state index in [-0.39, 0.29) is 5.56 Å². The largest absolute Gasteiger partial charge is 0.378 e. The van der Waals surface area contributed by atoms with Crippen LogP contribution in [0.2, 0.25) is 0 Å². The van der Waals surface area contributed by atoms with Crippen molar-refractivity contribution in [3.63, 3.8) is 0 Å². The molecule has 0 spiro atoms. The third kappa shape index (κ3) is 3.36. The van der Waals surface area contributed by atoms with Crippen LogP contribution >= 0.6 is 15.9 Å². The molecule has 0 atom stereocenters. The van der Waals surface area contributed by atoms with Crippen molar-refractivity contribution < 1.29 is 9.18 Å². The van der Waals surface area contributed by atoms with Crippen LogP contribution in [0.15, 0.2) is 46.9 Å². The van der Waals surface area contributed by atoms with Gasteiger partial charge in [0.05, 0.1) is 5.56 Å². The summed E-state index contributed by atoms with van der Waals surface area (Å²) in [4.78, 5) is 14.0. The molecule has 5 heteroatoms. The van der Waals surface area contributed by atoms with Gasteiger partial charge in [0.25, 0.3) is 5.91 Å². The zero-order valence-electron chi connectivity index (χ0n) is 11.2. The molecule has 0 aliphatic carbocycles. The second kappa shape index (κ2) is 6.05. The van der Waals surface area contributed by atoms with Crippen molar-refractivity contribution >= 4 is 33.2 Å². The lowest BCUT2D eigenvalue weighted by molar-refractivity contribution is 0.102. The van der Waals surface area contributed by atoms with E-state index in [0.717, 1.165) is 5.69 Å². The smallest absolute Gasteiger partial charge is 0.258 e. The van der Waals surface area contributed by atoms with E-state index >= 15 is 0 Å². The molecule has 0 bridgehead atoms. The van der Waals surface area contributed by atoms with Crippen LogP contribution in [0.3, 0.4) is 0 Å². The molecular weight excluding hydrogens is 323 g/mol. The molecule has 1 N–H and O–H groups in total. The fraction of sp³-hybridized carbons (Fsp3) is 0.133. The van der Waals surface area contributed by atoms with E-state index in [0.29, 0.717) is 10.2 Å². The molecule has 2 rings (SSSR count). The molecule has 1 amide bonds. The van der Waals surface area contributed by atoms with E-state index in [2.05, 4.69) is 21.2 Å². The van der Waals surface area contributed by atoms with Gasteiger partial charge in [0.15, 0.2) is 0 Å². The number of benzene rings is 2. The maximum atomic E-state index is 13.7. The van der Waals surface area contributed by atoms with Gasteiger partial charge in [-0.3, -0.25) is 4.79 Å². The summed E-state index contributed by atoms with van der Waals surface area (Å²) in [6.07, 6.45) is 0. The van der Waals surface area contributed by atoms with Crippen LogP contribution in [0.5, 0.6) is 0 Å². The molecule has 0 saturated carbocycles. The second-order valence-electron chi connectivity index (χ2n) is 4.52. The molecule has 0 heterocycles. The van der Waals surface area contributed by atoms with E-state index in [4.69, 9.17) is 0 Å². The molecule has 0 fully saturated rings. The number of anilines is 2. The Kier molecular flexibility index (Phi) is 4.39. The van der Waals surface area contributed by atoms with Gasteiger partial charge >= 0.3 is 0 Å². The highest BCUT2D eigenvalue weighted by molar-refractivity contribution is 9.10. The molecule has 0 saturated heterocycles. The molecule has 0 radical (unpaired) electrons. The van der Waals surface area contributed by atoms with E-state index < -0.39 is 11.7 Å². The highest BCUT2D eigenvalue weighted by Crippen LogP contribution is 2.20. The van der Waals surface area contributed by atoms with Crippen LogP contribution in [0.1, 0.15) is 10.4 Å². The summed E-state index contributed by atoms with van der Waals surface area (Å²) < 4.78 is 14.3. The normalized spacial score (nSPS) is 10.2. The number of hydrogen-bond acceptors (Lipinski definition) is 2. The van der Waals surface area contributed by atoms with Gasteiger partial charge in [-0.2, -0.15) is 0 Å². The third-order valence-electron chi connectivity index (χ3n) is 2.80. The lowest BCUT2D eigenvalue weighted by Gasteiger charge is -2.14. The van der Waals surface area contributed by atoms with Crippen LogP contribution in [0, 0.1) is 5.82 Å². The van der Waals surface area contributed by atoms with E-state index in [1.54, 1.807) is 12.1 Å². The molecule has 0 aliphatic rings. The Hall–Kier alpha value is -1.88. The Labute approximate surface area is 125 Å². The fourth-order valence-electron chi connectivity index (χ4n) is 1.73. The molecule has 0 aliphatic heterocycles. The minimum Gasteiger partial charge on any atom is -0.378 e. The fourth-order valence-corrected chi connectivity index (χ4v) is 2.07. The monoisotopic (exact) mass is 336 g/mol. The zero-order valence-corrected chi connectivity index (χ0v) is 12.7.